The number of ether oxygens (including phenoxy) is 3. The van der Waals surface area contributed by atoms with Crippen molar-refractivity contribution in [3.8, 4) is 5.75 Å². The molecule has 1 aliphatic carbocycles. The van der Waals surface area contributed by atoms with Gasteiger partial charge in [0.1, 0.15) is 41.9 Å². The molecule has 170 valence electrons. The molecule has 0 spiro atoms. The van der Waals surface area contributed by atoms with Crippen LogP contribution >= 0.6 is 0 Å². The van der Waals surface area contributed by atoms with Crippen molar-refractivity contribution in [2.24, 2.45) is 0 Å². The molecule has 4 atom stereocenters. The first-order chi connectivity index (χ1) is 15.4. The fourth-order valence-corrected chi connectivity index (χ4v) is 4.52. The first kappa shape index (κ1) is 21.0. The van der Waals surface area contributed by atoms with E-state index < -0.39 is 11.9 Å². The van der Waals surface area contributed by atoms with E-state index in [4.69, 9.17) is 14.2 Å². The van der Waals surface area contributed by atoms with Crippen molar-refractivity contribution in [2.45, 2.75) is 49.8 Å². The molecule has 3 heterocycles. The molecule has 0 radical (unpaired) electrons. The van der Waals surface area contributed by atoms with Crippen LogP contribution in [-0.4, -0.2) is 47.0 Å². The summed E-state index contributed by atoms with van der Waals surface area (Å²) in [4.78, 5) is 10.5. The number of benzene rings is 1. The molecule has 4 unspecified atom stereocenters. The zero-order valence-electron chi connectivity index (χ0n) is 17.4. The van der Waals surface area contributed by atoms with Gasteiger partial charge in [-0.25, -0.2) is 9.97 Å². The van der Waals surface area contributed by atoms with Gasteiger partial charge in [-0.05, 0) is 31.4 Å². The molecule has 10 heteroatoms. The first-order valence-corrected chi connectivity index (χ1v) is 10.5. The van der Waals surface area contributed by atoms with E-state index in [9.17, 15) is 13.2 Å². The smallest absolute Gasteiger partial charge is 0.431 e. The van der Waals surface area contributed by atoms with E-state index in [1.165, 1.54) is 6.33 Å². The highest BCUT2D eigenvalue weighted by molar-refractivity contribution is 5.88. The topological polar surface area (TPSA) is 81.3 Å². The summed E-state index contributed by atoms with van der Waals surface area (Å²) in [7, 11) is 1.68. The molecule has 1 aromatic carbocycles. The van der Waals surface area contributed by atoms with Gasteiger partial charge in [-0.3, -0.25) is 0 Å². The average molecular weight is 448 g/mol. The minimum absolute atomic E-state index is 0.0117. The summed E-state index contributed by atoms with van der Waals surface area (Å²) in [6, 6.07) is 8.19. The molecule has 3 aromatic rings. The van der Waals surface area contributed by atoms with Gasteiger partial charge in [0, 0.05) is 12.7 Å². The molecule has 1 aliphatic heterocycles. The molecule has 1 saturated carbocycles. The maximum atomic E-state index is 13.2. The third-order valence-electron chi connectivity index (χ3n) is 6.10. The molecule has 0 amide bonds. The predicted molar refractivity (Wildman–Crippen MR) is 111 cm³/mol. The van der Waals surface area contributed by atoms with Crippen molar-refractivity contribution in [1.29, 1.82) is 0 Å². The van der Waals surface area contributed by atoms with Crippen molar-refractivity contribution in [2.75, 3.05) is 19.0 Å². The number of hydrogen-bond acceptors (Lipinski definition) is 6. The number of alkyl halides is 3. The third kappa shape index (κ3) is 3.88. The number of hydrogen-bond donors (Lipinski definition) is 2. The molecule has 1 fully saturated rings. The number of H-pyrrole nitrogens is 1. The van der Waals surface area contributed by atoms with Crippen molar-refractivity contribution in [3.63, 3.8) is 0 Å². The van der Waals surface area contributed by atoms with E-state index in [0.717, 1.165) is 30.9 Å². The Morgan fingerprint density at radius 3 is 2.75 bits per heavy atom. The zero-order valence-corrected chi connectivity index (χ0v) is 17.4. The third-order valence-corrected chi connectivity index (χ3v) is 6.10. The fourth-order valence-electron chi connectivity index (χ4n) is 4.52. The van der Waals surface area contributed by atoms with Crippen LogP contribution in [-0.2, 0) is 15.7 Å². The number of nitrogens with zero attached hydrogens (tertiary/aromatic N) is 2. The van der Waals surface area contributed by atoms with Crippen molar-refractivity contribution >= 4 is 16.9 Å². The molecule has 2 N–H and O–H groups in total. The summed E-state index contributed by atoms with van der Waals surface area (Å²) >= 11 is 0. The molecule has 2 aromatic heterocycles. The van der Waals surface area contributed by atoms with Gasteiger partial charge in [0.25, 0.3) is 0 Å². The molecule has 2 aliphatic rings. The Morgan fingerprint density at radius 2 is 1.94 bits per heavy atom. The standard InChI is InChI=1S/C22H23F3N4O3/c1-30-15-7-4-8-16(15)32-17-10-31-14-6-3-2-5-12(14)19(17)29-21-13-9-18(22(23,24)25)28-20(13)26-11-27-21/h2-3,5-6,9,11,15-17,19H,4,7-8,10H2,1H3,(H2,26,27,28,29). The van der Waals surface area contributed by atoms with Gasteiger partial charge in [-0.2, -0.15) is 13.2 Å². The van der Waals surface area contributed by atoms with E-state index in [2.05, 4.69) is 20.3 Å². The predicted octanol–water partition coefficient (Wildman–Crippen LogP) is 4.48. The van der Waals surface area contributed by atoms with Crippen LogP contribution in [0.5, 0.6) is 5.75 Å². The van der Waals surface area contributed by atoms with Gasteiger partial charge in [-0.15, -0.1) is 0 Å². The van der Waals surface area contributed by atoms with Crippen LogP contribution in [0.4, 0.5) is 19.0 Å². The fraction of sp³-hybridized carbons (Fsp3) is 0.455. The number of aromatic nitrogens is 3. The number of para-hydroxylation sites is 1. The van der Waals surface area contributed by atoms with Crippen LogP contribution in [0.25, 0.3) is 11.0 Å². The van der Waals surface area contributed by atoms with Crippen LogP contribution < -0.4 is 10.1 Å². The number of nitrogens with one attached hydrogen (secondary N) is 2. The van der Waals surface area contributed by atoms with Gasteiger partial charge >= 0.3 is 6.18 Å². The van der Waals surface area contributed by atoms with Crippen molar-refractivity contribution < 1.29 is 27.4 Å². The second-order valence-corrected chi connectivity index (χ2v) is 8.05. The number of halogens is 3. The van der Waals surface area contributed by atoms with E-state index >= 15 is 0 Å². The normalized spacial score (nSPS) is 25.5. The summed E-state index contributed by atoms with van der Waals surface area (Å²) < 4.78 is 57.6. The monoisotopic (exact) mass is 448 g/mol. The second kappa shape index (κ2) is 8.25. The van der Waals surface area contributed by atoms with Crippen LogP contribution in [0.15, 0.2) is 36.7 Å². The molecule has 5 rings (SSSR count). The van der Waals surface area contributed by atoms with Gasteiger partial charge in [0.15, 0.2) is 0 Å². The minimum Gasteiger partial charge on any atom is -0.490 e. The van der Waals surface area contributed by atoms with Gasteiger partial charge in [0.2, 0.25) is 0 Å². The Hall–Kier alpha value is -2.85. The SMILES string of the molecule is COC1CCCC1OC1COc2ccccc2C1Nc1ncnc2[nH]c(C(F)(F)F)cc12. The summed E-state index contributed by atoms with van der Waals surface area (Å²) in [5, 5.41) is 3.58. The lowest BCUT2D eigenvalue weighted by atomic mass is 9.97. The van der Waals surface area contributed by atoms with Crippen LogP contribution in [0.1, 0.15) is 36.6 Å². The highest BCUT2D eigenvalue weighted by atomic mass is 19.4. The summed E-state index contributed by atoms with van der Waals surface area (Å²) in [6.07, 6.45) is -0.881. The lowest BCUT2D eigenvalue weighted by molar-refractivity contribution is -0.140. The lowest BCUT2D eigenvalue weighted by Gasteiger charge is -2.36. The minimum atomic E-state index is -4.51. The van der Waals surface area contributed by atoms with Crippen LogP contribution in [0.3, 0.4) is 0 Å². The highest BCUT2D eigenvalue weighted by Gasteiger charge is 2.38. The maximum Gasteiger partial charge on any atom is 0.431 e. The Labute approximate surface area is 182 Å². The Kier molecular flexibility index (Phi) is 5.42. The summed E-state index contributed by atoms with van der Waals surface area (Å²) in [5.74, 6) is 1.00. The Morgan fingerprint density at radius 1 is 1.12 bits per heavy atom. The van der Waals surface area contributed by atoms with E-state index in [1.54, 1.807) is 7.11 Å². The van der Waals surface area contributed by atoms with E-state index in [-0.39, 0.29) is 35.4 Å². The number of rotatable bonds is 5. The molecule has 32 heavy (non-hydrogen) atoms. The molecule has 0 saturated heterocycles. The molecular formula is C22H23F3N4O3. The molecule has 0 bridgehead atoms. The van der Waals surface area contributed by atoms with Gasteiger partial charge in [0.05, 0.1) is 23.6 Å². The number of fused-ring (bicyclic) bond motifs is 2. The Balaban J connectivity index is 1.49. The average Bonchev–Trinajstić information content (AvgIpc) is 3.42. The first-order valence-electron chi connectivity index (χ1n) is 10.5. The van der Waals surface area contributed by atoms with E-state index in [0.29, 0.717) is 18.2 Å². The Bertz CT molecular complexity index is 1100. The van der Waals surface area contributed by atoms with Gasteiger partial charge < -0.3 is 24.5 Å². The number of aromatic amines is 1. The largest absolute Gasteiger partial charge is 0.490 e. The summed E-state index contributed by atoms with van der Waals surface area (Å²) in [5.41, 5.74) is 0.0991. The summed E-state index contributed by atoms with van der Waals surface area (Å²) in [6.45, 7) is 0.302. The quantitative estimate of drug-likeness (QED) is 0.599. The van der Waals surface area contributed by atoms with Crippen molar-refractivity contribution in [1.82, 2.24) is 15.0 Å². The number of methoxy groups -OCH3 is 1. The second-order valence-electron chi connectivity index (χ2n) is 8.05. The lowest BCUT2D eigenvalue weighted by Crippen LogP contribution is -2.41. The zero-order chi connectivity index (χ0) is 22.3. The molecule has 7 nitrogen and oxygen atoms in total. The van der Waals surface area contributed by atoms with Crippen LogP contribution in [0.2, 0.25) is 0 Å². The maximum absolute atomic E-state index is 13.2. The van der Waals surface area contributed by atoms with E-state index in [1.807, 2.05) is 24.3 Å². The number of anilines is 1. The highest BCUT2D eigenvalue weighted by Crippen LogP contribution is 2.39. The molecular weight excluding hydrogens is 425 g/mol. The van der Waals surface area contributed by atoms with Crippen molar-refractivity contribution in [3.05, 3.63) is 47.9 Å². The van der Waals surface area contributed by atoms with Gasteiger partial charge in [-0.1, -0.05) is 18.2 Å². The van der Waals surface area contributed by atoms with Crippen LogP contribution in [0, 0.1) is 0 Å².